The number of carbonyl (C=O) groups is 2. The van der Waals surface area contributed by atoms with Gasteiger partial charge in [-0.2, -0.15) is 0 Å². The summed E-state index contributed by atoms with van der Waals surface area (Å²) < 4.78 is 34.4. The molecule has 2 amide bonds. The van der Waals surface area contributed by atoms with Gasteiger partial charge in [-0.1, -0.05) is 47.0 Å². The van der Waals surface area contributed by atoms with Gasteiger partial charge in [-0.3, -0.25) is 13.9 Å². The van der Waals surface area contributed by atoms with Gasteiger partial charge in [0.2, 0.25) is 11.8 Å². The van der Waals surface area contributed by atoms with E-state index >= 15 is 0 Å². The first-order valence-corrected chi connectivity index (χ1v) is 15.4. The Kier molecular flexibility index (Phi) is 11.1. The van der Waals surface area contributed by atoms with E-state index < -0.39 is 28.5 Å². The van der Waals surface area contributed by atoms with Crippen LogP contribution in [-0.4, -0.2) is 50.4 Å². The lowest BCUT2D eigenvalue weighted by molar-refractivity contribution is -0.139. The van der Waals surface area contributed by atoms with Crippen LogP contribution in [0.4, 0.5) is 5.69 Å². The van der Waals surface area contributed by atoms with Gasteiger partial charge in [0.1, 0.15) is 18.3 Å². The molecule has 3 aromatic carbocycles. The van der Waals surface area contributed by atoms with Gasteiger partial charge in [0.25, 0.3) is 10.0 Å². The molecule has 0 saturated carbocycles. The molecule has 41 heavy (non-hydrogen) atoms. The second-order valence-corrected chi connectivity index (χ2v) is 12.5. The first-order valence-electron chi connectivity index (χ1n) is 13.2. The Labute approximate surface area is 252 Å². The minimum atomic E-state index is -4.19. The fourth-order valence-electron chi connectivity index (χ4n) is 4.06. The molecule has 1 unspecified atom stereocenters. The summed E-state index contributed by atoms with van der Waals surface area (Å²) in [7, 11) is -4.19. The van der Waals surface area contributed by atoms with E-state index in [1.165, 1.54) is 17.0 Å². The molecule has 1 atom stereocenters. The fraction of sp³-hybridized carbons (Fsp3) is 0.333. The third-order valence-electron chi connectivity index (χ3n) is 6.26. The number of hydrogen-bond donors (Lipinski definition) is 1. The number of nitrogens with one attached hydrogen (secondary N) is 1. The summed E-state index contributed by atoms with van der Waals surface area (Å²) in [5, 5.41) is 3.48. The van der Waals surface area contributed by atoms with Crippen LogP contribution in [0.25, 0.3) is 0 Å². The van der Waals surface area contributed by atoms with Crippen LogP contribution >= 0.6 is 23.2 Å². The number of halogens is 2. The summed E-state index contributed by atoms with van der Waals surface area (Å²) in [5.41, 5.74) is 1.87. The summed E-state index contributed by atoms with van der Waals surface area (Å²) in [4.78, 5) is 28.3. The fourth-order valence-corrected chi connectivity index (χ4v) is 5.80. The topological polar surface area (TPSA) is 96.0 Å². The molecule has 11 heteroatoms. The molecule has 0 radical (unpaired) electrons. The standard InChI is InChI=1S/C30H35Cl2N3O5S/c1-6-40-25-12-14-26(15-13-25)41(38,39)35(24-10-7-21(4)8-11-24)19-29(36)34(22(5)30(37)33-20(2)3)18-23-9-16-27(31)28(32)17-23/h7-17,20,22H,6,18-19H2,1-5H3,(H,33,37). The number of amides is 2. The highest BCUT2D eigenvalue weighted by Gasteiger charge is 2.32. The molecule has 0 aliphatic rings. The number of sulfonamides is 1. The first-order chi connectivity index (χ1) is 19.3. The Balaban J connectivity index is 2.03. The number of hydrogen-bond acceptors (Lipinski definition) is 5. The van der Waals surface area contributed by atoms with E-state index in [2.05, 4.69) is 5.32 Å². The van der Waals surface area contributed by atoms with Gasteiger partial charge in [0.05, 0.1) is 27.2 Å². The summed E-state index contributed by atoms with van der Waals surface area (Å²) in [6.45, 7) is 8.86. The Bertz CT molecular complexity index is 1460. The van der Waals surface area contributed by atoms with Crippen LogP contribution in [0, 0.1) is 6.92 Å². The van der Waals surface area contributed by atoms with Crippen LogP contribution in [0.5, 0.6) is 5.75 Å². The number of aryl methyl sites for hydroxylation is 1. The molecule has 1 N–H and O–H groups in total. The quantitative estimate of drug-likeness (QED) is 0.275. The molecule has 0 aromatic heterocycles. The van der Waals surface area contributed by atoms with Gasteiger partial charge in [0.15, 0.2) is 0 Å². The second kappa shape index (κ2) is 14.1. The lowest BCUT2D eigenvalue weighted by Crippen LogP contribution is -2.52. The predicted octanol–water partition coefficient (Wildman–Crippen LogP) is 5.84. The Morgan fingerprint density at radius 3 is 2.12 bits per heavy atom. The number of anilines is 1. The van der Waals surface area contributed by atoms with Crippen LogP contribution < -0.4 is 14.4 Å². The maximum atomic E-state index is 14.0. The van der Waals surface area contributed by atoms with Crippen molar-refractivity contribution in [1.29, 1.82) is 0 Å². The minimum Gasteiger partial charge on any atom is -0.494 e. The highest BCUT2D eigenvalue weighted by atomic mass is 35.5. The van der Waals surface area contributed by atoms with Crippen LogP contribution in [0.1, 0.15) is 38.8 Å². The van der Waals surface area contributed by atoms with Gasteiger partial charge < -0.3 is 15.0 Å². The monoisotopic (exact) mass is 619 g/mol. The number of rotatable bonds is 12. The molecule has 0 aliphatic carbocycles. The molecule has 3 aromatic rings. The smallest absolute Gasteiger partial charge is 0.264 e. The molecule has 8 nitrogen and oxygen atoms in total. The Morgan fingerprint density at radius 1 is 0.927 bits per heavy atom. The normalized spacial score (nSPS) is 12.1. The summed E-state index contributed by atoms with van der Waals surface area (Å²) in [6, 6.07) is 16.7. The van der Waals surface area contributed by atoms with Crippen molar-refractivity contribution in [2.75, 3.05) is 17.5 Å². The van der Waals surface area contributed by atoms with Crippen molar-refractivity contribution in [2.45, 2.75) is 58.1 Å². The van der Waals surface area contributed by atoms with Crippen molar-refractivity contribution in [1.82, 2.24) is 10.2 Å². The molecule has 0 spiro atoms. The third kappa shape index (κ3) is 8.38. The van der Waals surface area contributed by atoms with E-state index in [9.17, 15) is 18.0 Å². The van der Waals surface area contributed by atoms with E-state index in [1.807, 2.05) is 27.7 Å². The van der Waals surface area contributed by atoms with E-state index in [0.29, 0.717) is 33.7 Å². The van der Waals surface area contributed by atoms with Crippen LogP contribution in [0.3, 0.4) is 0 Å². The Morgan fingerprint density at radius 2 is 1.56 bits per heavy atom. The maximum absolute atomic E-state index is 14.0. The van der Waals surface area contributed by atoms with Gasteiger partial charge in [-0.15, -0.1) is 0 Å². The molecule has 0 bridgehead atoms. The van der Waals surface area contributed by atoms with Crippen molar-refractivity contribution in [2.24, 2.45) is 0 Å². The highest BCUT2D eigenvalue weighted by molar-refractivity contribution is 7.92. The Hall–Kier alpha value is -3.27. The average Bonchev–Trinajstić information content (AvgIpc) is 2.92. The summed E-state index contributed by atoms with van der Waals surface area (Å²) >= 11 is 12.3. The lowest BCUT2D eigenvalue weighted by atomic mass is 10.1. The van der Waals surface area contributed by atoms with Crippen molar-refractivity contribution >= 4 is 50.7 Å². The van der Waals surface area contributed by atoms with Gasteiger partial charge in [-0.25, -0.2) is 8.42 Å². The first kappa shape index (κ1) is 32.2. The summed E-state index contributed by atoms with van der Waals surface area (Å²) in [5.74, 6) is -0.413. The lowest BCUT2D eigenvalue weighted by Gasteiger charge is -2.32. The molecular weight excluding hydrogens is 585 g/mol. The van der Waals surface area contributed by atoms with Gasteiger partial charge >= 0.3 is 0 Å². The van der Waals surface area contributed by atoms with E-state index in [4.69, 9.17) is 27.9 Å². The maximum Gasteiger partial charge on any atom is 0.264 e. The molecule has 0 fully saturated rings. The minimum absolute atomic E-state index is 0.00374. The molecule has 0 heterocycles. The molecule has 220 valence electrons. The zero-order chi connectivity index (χ0) is 30.3. The third-order valence-corrected chi connectivity index (χ3v) is 8.79. The number of benzene rings is 3. The zero-order valence-electron chi connectivity index (χ0n) is 23.7. The van der Waals surface area contributed by atoms with Crippen molar-refractivity contribution in [3.8, 4) is 5.75 Å². The van der Waals surface area contributed by atoms with Gasteiger partial charge in [0, 0.05) is 12.6 Å². The van der Waals surface area contributed by atoms with Crippen molar-refractivity contribution in [3.05, 3.63) is 87.9 Å². The van der Waals surface area contributed by atoms with Crippen LogP contribution in [0.15, 0.2) is 71.6 Å². The highest BCUT2D eigenvalue weighted by Crippen LogP contribution is 2.27. The number of ether oxygens (including phenoxy) is 1. The van der Waals surface area contributed by atoms with Crippen LogP contribution in [0.2, 0.25) is 10.0 Å². The SMILES string of the molecule is CCOc1ccc(S(=O)(=O)N(CC(=O)N(Cc2ccc(Cl)c(Cl)c2)C(C)C(=O)NC(C)C)c2ccc(C)cc2)cc1. The average molecular weight is 621 g/mol. The van der Waals surface area contributed by atoms with Crippen LogP contribution in [-0.2, 0) is 26.2 Å². The zero-order valence-corrected chi connectivity index (χ0v) is 26.1. The van der Waals surface area contributed by atoms with Gasteiger partial charge in [-0.05, 0) is 88.7 Å². The number of carbonyl (C=O) groups excluding carboxylic acids is 2. The molecular formula is C30H35Cl2N3O5S. The van der Waals surface area contributed by atoms with E-state index in [-0.39, 0.29) is 23.4 Å². The van der Waals surface area contributed by atoms with Crippen molar-refractivity contribution in [3.63, 3.8) is 0 Å². The molecule has 3 rings (SSSR count). The second-order valence-electron chi connectivity index (χ2n) is 9.86. The molecule has 0 aliphatic heterocycles. The number of nitrogens with zero attached hydrogens (tertiary/aromatic N) is 2. The largest absolute Gasteiger partial charge is 0.494 e. The summed E-state index contributed by atoms with van der Waals surface area (Å²) in [6.07, 6.45) is 0. The van der Waals surface area contributed by atoms with E-state index in [1.54, 1.807) is 61.5 Å². The predicted molar refractivity (Wildman–Crippen MR) is 163 cm³/mol. The van der Waals surface area contributed by atoms with E-state index in [0.717, 1.165) is 9.87 Å². The molecule has 0 saturated heterocycles. The van der Waals surface area contributed by atoms with Crippen molar-refractivity contribution < 1.29 is 22.7 Å².